The standard InChI is InChI=1S/C14H18BrNO2/c1-10-5-7-16(8-6-10)13-4-3-11(9-12(13)15)14(17)18-2/h3-4,9-10H,5-8H2,1-2H3. The highest BCUT2D eigenvalue weighted by atomic mass is 79.9. The summed E-state index contributed by atoms with van der Waals surface area (Å²) < 4.78 is 5.68. The Morgan fingerprint density at radius 3 is 2.61 bits per heavy atom. The fourth-order valence-electron chi connectivity index (χ4n) is 2.26. The third-order valence-electron chi connectivity index (χ3n) is 3.49. The molecule has 1 heterocycles. The zero-order valence-corrected chi connectivity index (χ0v) is 12.4. The van der Waals surface area contributed by atoms with E-state index in [1.54, 1.807) is 0 Å². The predicted octanol–water partition coefficient (Wildman–Crippen LogP) is 3.47. The van der Waals surface area contributed by atoms with Crippen LogP contribution in [0.25, 0.3) is 0 Å². The van der Waals surface area contributed by atoms with Crippen molar-refractivity contribution < 1.29 is 9.53 Å². The molecule has 1 aromatic rings. The molecular weight excluding hydrogens is 294 g/mol. The Morgan fingerprint density at radius 2 is 2.06 bits per heavy atom. The second kappa shape index (κ2) is 5.74. The van der Waals surface area contributed by atoms with Crippen molar-refractivity contribution in [2.45, 2.75) is 19.8 Å². The Hall–Kier alpha value is -1.03. The maximum Gasteiger partial charge on any atom is 0.337 e. The van der Waals surface area contributed by atoms with Gasteiger partial charge in [-0.15, -0.1) is 0 Å². The molecule has 0 radical (unpaired) electrons. The van der Waals surface area contributed by atoms with Crippen molar-refractivity contribution in [2.75, 3.05) is 25.1 Å². The minimum absolute atomic E-state index is 0.297. The number of anilines is 1. The fraction of sp³-hybridized carbons (Fsp3) is 0.500. The van der Waals surface area contributed by atoms with Gasteiger partial charge in [-0.2, -0.15) is 0 Å². The van der Waals surface area contributed by atoms with Gasteiger partial charge in [0.05, 0.1) is 18.4 Å². The first-order chi connectivity index (χ1) is 8.61. The van der Waals surface area contributed by atoms with Crippen LogP contribution >= 0.6 is 15.9 Å². The van der Waals surface area contributed by atoms with Crippen LogP contribution in [0.4, 0.5) is 5.69 Å². The molecule has 18 heavy (non-hydrogen) atoms. The molecule has 0 unspecified atom stereocenters. The molecule has 0 N–H and O–H groups in total. The lowest BCUT2D eigenvalue weighted by Crippen LogP contribution is -2.33. The van der Waals surface area contributed by atoms with Gasteiger partial charge in [0, 0.05) is 17.6 Å². The smallest absolute Gasteiger partial charge is 0.337 e. The molecule has 0 aromatic heterocycles. The maximum atomic E-state index is 11.4. The van der Waals surface area contributed by atoms with Crippen LogP contribution in [0.3, 0.4) is 0 Å². The lowest BCUT2D eigenvalue weighted by Gasteiger charge is -2.32. The molecule has 0 spiro atoms. The van der Waals surface area contributed by atoms with E-state index >= 15 is 0 Å². The lowest BCUT2D eigenvalue weighted by molar-refractivity contribution is 0.0600. The number of ether oxygens (including phenoxy) is 1. The number of hydrogen-bond donors (Lipinski definition) is 0. The first kappa shape index (κ1) is 13.4. The third kappa shape index (κ3) is 2.86. The summed E-state index contributed by atoms with van der Waals surface area (Å²) in [6.07, 6.45) is 2.45. The third-order valence-corrected chi connectivity index (χ3v) is 4.13. The maximum absolute atomic E-state index is 11.4. The van der Waals surface area contributed by atoms with Gasteiger partial charge in [-0.1, -0.05) is 6.92 Å². The summed E-state index contributed by atoms with van der Waals surface area (Å²) >= 11 is 3.55. The zero-order chi connectivity index (χ0) is 13.1. The van der Waals surface area contributed by atoms with Crippen molar-refractivity contribution in [2.24, 2.45) is 5.92 Å². The van der Waals surface area contributed by atoms with Crippen molar-refractivity contribution in [3.63, 3.8) is 0 Å². The first-order valence-corrected chi connectivity index (χ1v) is 7.04. The molecule has 1 fully saturated rings. The monoisotopic (exact) mass is 311 g/mol. The number of nitrogens with zero attached hydrogens (tertiary/aromatic N) is 1. The molecule has 0 atom stereocenters. The summed E-state index contributed by atoms with van der Waals surface area (Å²) in [5, 5.41) is 0. The molecular formula is C14H18BrNO2. The van der Waals surface area contributed by atoms with Crippen LogP contribution in [0, 0.1) is 5.92 Å². The number of methoxy groups -OCH3 is 1. The van der Waals surface area contributed by atoms with Crippen LogP contribution in [-0.4, -0.2) is 26.2 Å². The van der Waals surface area contributed by atoms with E-state index in [1.165, 1.54) is 20.0 Å². The van der Waals surface area contributed by atoms with Gasteiger partial charge in [0.1, 0.15) is 0 Å². The highest BCUT2D eigenvalue weighted by Crippen LogP contribution is 2.30. The molecule has 4 heteroatoms. The van der Waals surface area contributed by atoms with Crippen LogP contribution in [-0.2, 0) is 4.74 Å². The van der Waals surface area contributed by atoms with Gasteiger partial charge < -0.3 is 9.64 Å². The summed E-state index contributed by atoms with van der Waals surface area (Å²) in [4.78, 5) is 13.8. The van der Waals surface area contributed by atoms with E-state index in [2.05, 4.69) is 27.8 Å². The Kier molecular flexibility index (Phi) is 4.27. The molecule has 98 valence electrons. The largest absolute Gasteiger partial charge is 0.465 e. The van der Waals surface area contributed by atoms with Gasteiger partial charge in [-0.3, -0.25) is 0 Å². The Labute approximate surface area is 116 Å². The van der Waals surface area contributed by atoms with E-state index in [0.29, 0.717) is 5.56 Å². The average molecular weight is 312 g/mol. The van der Waals surface area contributed by atoms with E-state index in [4.69, 9.17) is 4.74 Å². The average Bonchev–Trinajstić information content (AvgIpc) is 2.39. The van der Waals surface area contributed by atoms with Crippen molar-refractivity contribution >= 4 is 27.6 Å². The summed E-state index contributed by atoms with van der Waals surface area (Å²) in [6, 6.07) is 5.65. The molecule has 0 saturated carbocycles. The normalized spacial score (nSPS) is 16.7. The number of rotatable bonds is 2. The SMILES string of the molecule is COC(=O)c1ccc(N2CCC(C)CC2)c(Br)c1. The molecule has 0 bridgehead atoms. The quantitative estimate of drug-likeness (QED) is 0.783. The van der Waals surface area contributed by atoms with Crippen LogP contribution in [0.5, 0.6) is 0 Å². The number of hydrogen-bond acceptors (Lipinski definition) is 3. The number of esters is 1. The second-order valence-electron chi connectivity index (χ2n) is 4.83. The van der Waals surface area contributed by atoms with Gasteiger partial charge in [-0.25, -0.2) is 4.79 Å². The molecule has 1 saturated heterocycles. The number of carbonyl (C=O) groups is 1. The molecule has 0 amide bonds. The molecule has 0 aliphatic carbocycles. The molecule has 1 aromatic carbocycles. The Balaban J connectivity index is 2.17. The van der Waals surface area contributed by atoms with Gasteiger partial charge in [0.15, 0.2) is 0 Å². The lowest BCUT2D eigenvalue weighted by atomic mass is 9.99. The van der Waals surface area contributed by atoms with Gasteiger partial charge in [0.25, 0.3) is 0 Å². The van der Waals surface area contributed by atoms with Crippen molar-refractivity contribution in [1.82, 2.24) is 0 Å². The van der Waals surface area contributed by atoms with Crippen LogP contribution in [0.1, 0.15) is 30.1 Å². The molecule has 2 rings (SSSR count). The predicted molar refractivity (Wildman–Crippen MR) is 76.1 cm³/mol. The number of benzene rings is 1. The minimum Gasteiger partial charge on any atom is -0.465 e. The van der Waals surface area contributed by atoms with E-state index in [1.807, 2.05) is 18.2 Å². The zero-order valence-electron chi connectivity index (χ0n) is 10.8. The van der Waals surface area contributed by atoms with Crippen LogP contribution in [0.15, 0.2) is 22.7 Å². The van der Waals surface area contributed by atoms with Crippen LogP contribution in [0.2, 0.25) is 0 Å². The van der Waals surface area contributed by atoms with E-state index in [-0.39, 0.29) is 5.97 Å². The van der Waals surface area contributed by atoms with Crippen molar-refractivity contribution in [3.8, 4) is 0 Å². The van der Waals surface area contributed by atoms with Gasteiger partial charge in [-0.05, 0) is 52.9 Å². The topological polar surface area (TPSA) is 29.5 Å². The summed E-state index contributed by atoms with van der Waals surface area (Å²) in [6.45, 7) is 4.46. The molecule has 1 aliphatic rings. The summed E-state index contributed by atoms with van der Waals surface area (Å²) in [7, 11) is 1.40. The summed E-state index contributed by atoms with van der Waals surface area (Å²) in [5.74, 6) is 0.517. The van der Waals surface area contributed by atoms with E-state index in [0.717, 1.165) is 29.2 Å². The van der Waals surface area contributed by atoms with Gasteiger partial charge in [0.2, 0.25) is 0 Å². The Morgan fingerprint density at radius 1 is 1.39 bits per heavy atom. The van der Waals surface area contributed by atoms with E-state index < -0.39 is 0 Å². The van der Waals surface area contributed by atoms with Crippen molar-refractivity contribution in [1.29, 1.82) is 0 Å². The highest BCUT2D eigenvalue weighted by Gasteiger charge is 2.18. The number of halogens is 1. The first-order valence-electron chi connectivity index (χ1n) is 6.24. The highest BCUT2D eigenvalue weighted by molar-refractivity contribution is 9.10. The number of piperidine rings is 1. The van der Waals surface area contributed by atoms with Crippen LogP contribution < -0.4 is 4.90 Å². The second-order valence-corrected chi connectivity index (χ2v) is 5.68. The van der Waals surface area contributed by atoms with Crippen molar-refractivity contribution in [3.05, 3.63) is 28.2 Å². The molecule has 3 nitrogen and oxygen atoms in total. The molecule has 1 aliphatic heterocycles. The number of carbonyl (C=O) groups excluding carboxylic acids is 1. The minimum atomic E-state index is -0.297. The summed E-state index contributed by atoms with van der Waals surface area (Å²) in [5.41, 5.74) is 1.74. The fourth-order valence-corrected chi connectivity index (χ4v) is 2.89. The van der Waals surface area contributed by atoms with E-state index in [9.17, 15) is 4.79 Å². The Bertz CT molecular complexity index is 439. The van der Waals surface area contributed by atoms with Gasteiger partial charge >= 0.3 is 5.97 Å².